The molecular weight excluding hydrogens is 360 g/mol. The molecule has 1 aliphatic heterocycles. The Bertz CT molecular complexity index is 928. The van der Waals surface area contributed by atoms with E-state index in [-0.39, 0.29) is 0 Å². The molecule has 3 atom stereocenters. The molecule has 138 valence electrons. The van der Waals surface area contributed by atoms with Crippen molar-refractivity contribution in [2.75, 3.05) is 17.3 Å². The van der Waals surface area contributed by atoms with Gasteiger partial charge in [0.15, 0.2) is 14.7 Å². The first kappa shape index (κ1) is 17.1. The molecule has 0 N–H and O–H groups in total. The molecule has 0 spiro atoms. The van der Waals surface area contributed by atoms with Gasteiger partial charge in [-0.15, -0.1) is 0 Å². The lowest BCUT2D eigenvalue weighted by atomic mass is 9.90. The molecule has 4 heteroatoms. The Morgan fingerprint density at radius 2 is 1.69 bits per heavy atom. The van der Waals surface area contributed by atoms with Crippen LogP contribution in [-0.4, -0.2) is 25.7 Å². The van der Waals surface area contributed by atoms with Gasteiger partial charge in [-0.05, 0) is 84.9 Å². The molecule has 3 fully saturated rings. The predicted molar refractivity (Wildman–Crippen MR) is 110 cm³/mol. The lowest BCUT2D eigenvalue weighted by Gasteiger charge is -2.21. The van der Waals surface area contributed by atoms with Crippen LogP contribution in [0.4, 0.5) is 0 Å². The summed E-state index contributed by atoms with van der Waals surface area (Å²) in [4.78, 5) is 1.97. The molecule has 2 aromatic rings. The van der Waals surface area contributed by atoms with Gasteiger partial charge in [-0.25, -0.2) is 8.42 Å². The summed E-state index contributed by atoms with van der Waals surface area (Å²) in [5.74, 6) is 4.83. The molecule has 2 saturated carbocycles. The van der Waals surface area contributed by atoms with Gasteiger partial charge in [0.1, 0.15) is 11.5 Å². The highest BCUT2D eigenvalue weighted by atomic mass is 32.2. The van der Waals surface area contributed by atoms with Crippen LogP contribution in [0, 0.1) is 17.8 Å². The summed E-state index contributed by atoms with van der Waals surface area (Å²) in [6, 6.07) is 12.4. The van der Waals surface area contributed by atoms with E-state index in [1.165, 1.54) is 53.9 Å². The highest BCUT2D eigenvalue weighted by Gasteiger charge is 2.41. The molecular formula is C22H27O2S2+. The minimum absolute atomic E-state index is 0.348. The molecule has 3 unspecified atom stereocenters. The van der Waals surface area contributed by atoms with Gasteiger partial charge >= 0.3 is 0 Å². The number of fused-ring (bicyclic) bond motifs is 3. The summed E-state index contributed by atoms with van der Waals surface area (Å²) < 4.78 is 26.0. The zero-order chi connectivity index (χ0) is 17.7. The van der Waals surface area contributed by atoms with Crippen LogP contribution in [0.15, 0.2) is 46.2 Å². The van der Waals surface area contributed by atoms with E-state index in [4.69, 9.17) is 0 Å². The van der Waals surface area contributed by atoms with Crippen molar-refractivity contribution >= 4 is 31.5 Å². The third kappa shape index (κ3) is 3.09. The first-order chi connectivity index (χ1) is 12.6. The zero-order valence-electron chi connectivity index (χ0n) is 15.2. The molecule has 1 saturated heterocycles. The molecule has 2 aromatic carbocycles. The predicted octanol–water partition coefficient (Wildman–Crippen LogP) is 4.82. The minimum Gasteiger partial charge on any atom is -0.224 e. The SMILES string of the molecule is O=S(=O)(CC1CC2CCC1C2)c1ccc2cc([S+]3CCCC3)ccc2c1. The Labute approximate surface area is 159 Å². The van der Waals surface area contributed by atoms with Crippen LogP contribution in [0.25, 0.3) is 10.8 Å². The number of sulfone groups is 1. The summed E-state index contributed by atoms with van der Waals surface area (Å²) in [5, 5.41) is 2.24. The second-order valence-electron chi connectivity index (χ2n) is 8.50. The van der Waals surface area contributed by atoms with Crippen LogP contribution in [0.1, 0.15) is 38.5 Å². The molecule has 3 aliphatic rings. The van der Waals surface area contributed by atoms with Crippen LogP contribution in [-0.2, 0) is 20.7 Å². The quantitative estimate of drug-likeness (QED) is 0.705. The van der Waals surface area contributed by atoms with E-state index in [9.17, 15) is 8.42 Å². The average molecular weight is 388 g/mol. The molecule has 2 nitrogen and oxygen atoms in total. The monoisotopic (exact) mass is 387 g/mol. The maximum absolute atomic E-state index is 13.0. The van der Waals surface area contributed by atoms with Crippen molar-refractivity contribution in [3.05, 3.63) is 36.4 Å². The van der Waals surface area contributed by atoms with E-state index in [0.717, 1.165) is 17.7 Å². The smallest absolute Gasteiger partial charge is 0.178 e. The summed E-state index contributed by atoms with van der Waals surface area (Å²) in [5.41, 5.74) is 0. The van der Waals surface area contributed by atoms with Crippen molar-refractivity contribution in [2.45, 2.75) is 48.3 Å². The highest BCUT2D eigenvalue weighted by Crippen LogP contribution is 2.49. The van der Waals surface area contributed by atoms with E-state index in [1.54, 1.807) is 0 Å². The maximum atomic E-state index is 13.0. The van der Waals surface area contributed by atoms with Crippen molar-refractivity contribution < 1.29 is 8.42 Å². The molecule has 0 amide bonds. The standard InChI is InChI=1S/C22H27O2S2/c23-26(24,15-20-12-16-3-4-17(20)11-16)22-8-6-18-13-21(7-5-19(18)14-22)25-9-1-2-10-25/h5-8,13-14,16-17,20H,1-4,9-12,15H2/q+1. The fourth-order valence-corrected chi connectivity index (χ4v) is 9.51. The normalized spacial score (nSPS) is 29.0. The van der Waals surface area contributed by atoms with Crippen molar-refractivity contribution in [3.63, 3.8) is 0 Å². The molecule has 0 radical (unpaired) electrons. The van der Waals surface area contributed by atoms with Crippen molar-refractivity contribution in [1.82, 2.24) is 0 Å². The molecule has 2 aliphatic carbocycles. The summed E-state index contributed by atoms with van der Waals surface area (Å²) >= 11 is 0. The van der Waals surface area contributed by atoms with E-state index in [2.05, 4.69) is 18.2 Å². The van der Waals surface area contributed by atoms with Gasteiger partial charge in [0, 0.05) is 17.0 Å². The number of hydrogen-bond acceptors (Lipinski definition) is 2. The largest absolute Gasteiger partial charge is 0.224 e. The van der Waals surface area contributed by atoms with Crippen molar-refractivity contribution in [1.29, 1.82) is 0 Å². The maximum Gasteiger partial charge on any atom is 0.178 e. The molecule has 2 bridgehead atoms. The Hall–Kier alpha value is -1.00. The van der Waals surface area contributed by atoms with Crippen molar-refractivity contribution in [2.24, 2.45) is 17.8 Å². The molecule has 1 heterocycles. The van der Waals surface area contributed by atoms with Crippen LogP contribution in [0.3, 0.4) is 0 Å². The van der Waals surface area contributed by atoms with Gasteiger partial charge in [-0.3, -0.25) is 0 Å². The lowest BCUT2D eigenvalue weighted by Crippen LogP contribution is -2.21. The van der Waals surface area contributed by atoms with E-state index < -0.39 is 9.84 Å². The van der Waals surface area contributed by atoms with Gasteiger partial charge in [-0.2, -0.15) is 0 Å². The van der Waals surface area contributed by atoms with E-state index in [1.807, 2.05) is 18.2 Å². The van der Waals surface area contributed by atoms with Gasteiger partial charge in [-0.1, -0.05) is 12.5 Å². The third-order valence-electron chi connectivity index (χ3n) is 6.83. The van der Waals surface area contributed by atoms with E-state index in [0.29, 0.717) is 33.4 Å². The number of hydrogen-bond donors (Lipinski definition) is 0. The average Bonchev–Trinajstić information content (AvgIpc) is 3.38. The number of rotatable bonds is 4. The Morgan fingerprint density at radius 3 is 2.42 bits per heavy atom. The van der Waals surface area contributed by atoms with Gasteiger partial charge in [0.2, 0.25) is 0 Å². The van der Waals surface area contributed by atoms with Crippen LogP contribution in [0.5, 0.6) is 0 Å². The second-order valence-corrected chi connectivity index (χ2v) is 12.8. The van der Waals surface area contributed by atoms with Crippen LogP contribution < -0.4 is 0 Å². The number of benzene rings is 2. The van der Waals surface area contributed by atoms with Crippen molar-refractivity contribution in [3.8, 4) is 0 Å². The summed E-state index contributed by atoms with van der Waals surface area (Å²) in [6.07, 6.45) is 7.66. The first-order valence-electron chi connectivity index (χ1n) is 10.0. The van der Waals surface area contributed by atoms with Gasteiger partial charge in [0.25, 0.3) is 0 Å². The zero-order valence-corrected chi connectivity index (χ0v) is 16.8. The van der Waals surface area contributed by atoms with Gasteiger partial charge in [0.05, 0.1) is 10.6 Å². The van der Waals surface area contributed by atoms with Crippen LogP contribution in [0.2, 0.25) is 0 Å². The Morgan fingerprint density at radius 1 is 0.923 bits per heavy atom. The molecule has 26 heavy (non-hydrogen) atoms. The minimum atomic E-state index is -3.18. The summed E-state index contributed by atoms with van der Waals surface area (Å²) in [7, 11) is -2.77. The Kier molecular flexibility index (Phi) is 4.32. The fraction of sp³-hybridized carbons (Fsp3) is 0.545. The van der Waals surface area contributed by atoms with Crippen LogP contribution >= 0.6 is 0 Å². The van der Waals surface area contributed by atoms with Gasteiger partial charge < -0.3 is 0 Å². The molecule has 0 aromatic heterocycles. The topological polar surface area (TPSA) is 34.1 Å². The highest BCUT2D eigenvalue weighted by molar-refractivity contribution is 7.97. The third-order valence-corrected chi connectivity index (χ3v) is 11.1. The first-order valence-corrected chi connectivity index (χ1v) is 13.2. The summed E-state index contributed by atoms with van der Waals surface area (Å²) in [6.45, 7) is 0. The second kappa shape index (κ2) is 6.56. The fourth-order valence-electron chi connectivity index (χ4n) is 5.42. The Balaban J connectivity index is 1.40. The van der Waals surface area contributed by atoms with E-state index >= 15 is 0 Å². The molecule has 5 rings (SSSR count). The lowest BCUT2D eigenvalue weighted by molar-refractivity contribution is 0.360.